The molecule has 4 N–H and O–H groups in total. The number of nitrogens with one attached hydrogen (secondary N) is 2. The van der Waals surface area contributed by atoms with Crippen molar-refractivity contribution in [2.45, 2.75) is 32.7 Å². The van der Waals surface area contributed by atoms with Gasteiger partial charge in [-0.25, -0.2) is 4.79 Å². The molecule has 0 saturated carbocycles. The lowest BCUT2D eigenvalue weighted by atomic mass is 10.2. The van der Waals surface area contributed by atoms with E-state index in [0.717, 1.165) is 12.8 Å². The van der Waals surface area contributed by atoms with Crippen molar-refractivity contribution in [1.29, 1.82) is 0 Å². The third kappa shape index (κ3) is 7.34. The molecule has 4 heteroatoms. The summed E-state index contributed by atoms with van der Waals surface area (Å²) in [5, 5.41) is 5.39. The summed E-state index contributed by atoms with van der Waals surface area (Å²) in [5.74, 6) is 0. The number of amides is 2. The van der Waals surface area contributed by atoms with Crippen LogP contribution < -0.4 is 16.4 Å². The zero-order valence-corrected chi connectivity index (χ0v) is 7.89. The lowest BCUT2D eigenvalue weighted by molar-refractivity contribution is 0.241. The minimum absolute atomic E-state index is 0.0952. The van der Waals surface area contributed by atoms with Crippen LogP contribution in [0.5, 0.6) is 0 Å². The minimum atomic E-state index is -0.0952. The van der Waals surface area contributed by atoms with E-state index in [0.29, 0.717) is 13.1 Å². The maximum atomic E-state index is 10.8. The van der Waals surface area contributed by atoms with Gasteiger partial charge in [-0.2, -0.15) is 0 Å². The van der Waals surface area contributed by atoms with Gasteiger partial charge in [0, 0.05) is 19.1 Å². The molecule has 12 heavy (non-hydrogen) atoms. The van der Waals surface area contributed by atoms with Crippen molar-refractivity contribution < 1.29 is 4.79 Å². The van der Waals surface area contributed by atoms with Gasteiger partial charge in [0.25, 0.3) is 0 Å². The summed E-state index contributed by atoms with van der Waals surface area (Å²) < 4.78 is 0. The topological polar surface area (TPSA) is 67.2 Å². The molecule has 4 nitrogen and oxygen atoms in total. The summed E-state index contributed by atoms with van der Waals surface area (Å²) in [6.45, 7) is 5.22. The highest BCUT2D eigenvalue weighted by molar-refractivity contribution is 5.73. The Morgan fingerprint density at radius 3 is 2.67 bits per heavy atom. The molecule has 1 atom stereocenters. The zero-order chi connectivity index (χ0) is 9.40. The first-order chi connectivity index (χ1) is 5.66. The van der Waals surface area contributed by atoms with E-state index in [1.807, 2.05) is 13.8 Å². The summed E-state index contributed by atoms with van der Waals surface area (Å²) >= 11 is 0. The summed E-state index contributed by atoms with van der Waals surface area (Å²) in [5.41, 5.74) is 5.54. The molecule has 0 bridgehead atoms. The second-order valence-corrected chi connectivity index (χ2v) is 2.91. The number of hydrogen-bond donors (Lipinski definition) is 3. The van der Waals surface area contributed by atoms with E-state index in [-0.39, 0.29) is 12.1 Å². The molecule has 0 heterocycles. The quantitative estimate of drug-likeness (QED) is 0.528. The highest BCUT2D eigenvalue weighted by atomic mass is 16.2. The molecule has 0 aromatic carbocycles. The highest BCUT2D eigenvalue weighted by Gasteiger charge is 1.97. The number of nitrogens with two attached hydrogens (primary N) is 1. The van der Waals surface area contributed by atoms with E-state index in [9.17, 15) is 4.79 Å². The molecule has 0 rings (SSSR count). The zero-order valence-electron chi connectivity index (χ0n) is 7.89. The van der Waals surface area contributed by atoms with E-state index in [1.165, 1.54) is 0 Å². The second kappa shape index (κ2) is 6.91. The van der Waals surface area contributed by atoms with Crippen molar-refractivity contribution in [2.75, 3.05) is 13.1 Å². The fourth-order valence-electron chi connectivity index (χ4n) is 0.849. The van der Waals surface area contributed by atoms with Gasteiger partial charge < -0.3 is 16.4 Å². The van der Waals surface area contributed by atoms with Crippen LogP contribution >= 0.6 is 0 Å². The first kappa shape index (κ1) is 11.2. The minimum Gasteiger partial charge on any atom is -0.338 e. The molecule has 0 aliphatic heterocycles. The molecule has 0 spiro atoms. The molecule has 0 saturated heterocycles. The number of carbonyl (C=O) groups excluding carboxylic acids is 1. The maximum Gasteiger partial charge on any atom is 0.314 e. The van der Waals surface area contributed by atoms with Crippen molar-refractivity contribution in [3.63, 3.8) is 0 Å². The number of rotatable bonds is 5. The predicted molar refractivity (Wildman–Crippen MR) is 50.0 cm³/mol. The van der Waals surface area contributed by atoms with Crippen molar-refractivity contribution in [1.82, 2.24) is 10.6 Å². The molecular formula is C8H19N3O. The smallest absolute Gasteiger partial charge is 0.314 e. The Balaban J connectivity index is 3.14. The average molecular weight is 173 g/mol. The van der Waals surface area contributed by atoms with Crippen LogP contribution in [-0.2, 0) is 0 Å². The molecule has 1 unspecified atom stereocenters. The lowest BCUT2D eigenvalue weighted by Crippen LogP contribution is -2.36. The maximum absolute atomic E-state index is 10.8. The number of carbonyl (C=O) groups is 1. The molecule has 72 valence electrons. The lowest BCUT2D eigenvalue weighted by Gasteiger charge is -2.06. The average Bonchev–Trinajstić information content (AvgIpc) is 1.98. The van der Waals surface area contributed by atoms with Gasteiger partial charge in [0.1, 0.15) is 0 Å². The summed E-state index contributed by atoms with van der Waals surface area (Å²) in [4.78, 5) is 10.8. The number of hydrogen-bond acceptors (Lipinski definition) is 2. The van der Waals surface area contributed by atoms with Crippen LogP contribution in [-0.4, -0.2) is 25.2 Å². The van der Waals surface area contributed by atoms with Gasteiger partial charge in [-0.15, -0.1) is 0 Å². The number of urea groups is 1. The van der Waals surface area contributed by atoms with Crippen molar-refractivity contribution in [2.24, 2.45) is 5.73 Å². The first-order valence-corrected chi connectivity index (χ1v) is 4.44. The van der Waals surface area contributed by atoms with Crippen molar-refractivity contribution >= 4 is 6.03 Å². The van der Waals surface area contributed by atoms with Gasteiger partial charge in [-0.05, 0) is 26.7 Å². The Labute approximate surface area is 73.9 Å². The molecule has 0 aromatic heterocycles. The van der Waals surface area contributed by atoms with Crippen molar-refractivity contribution in [3.8, 4) is 0 Å². The Morgan fingerprint density at radius 1 is 1.50 bits per heavy atom. The van der Waals surface area contributed by atoms with Crippen molar-refractivity contribution in [3.05, 3.63) is 0 Å². The van der Waals surface area contributed by atoms with Gasteiger partial charge in [-0.1, -0.05) is 0 Å². The van der Waals surface area contributed by atoms with E-state index < -0.39 is 0 Å². The third-order valence-corrected chi connectivity index (χ3v) is 1.46. The Bertz CT molecular complexity index is 125. The molecular weight excluding hydrogens is 154 g/mol. The van der Waals surface area contributed by atoms with Crippen LogP contribution in [0.4, 0.5) is 4.79 Å². The Hall–Kier alpha value is -0.770. The fourth-order valence-corrected chi connectivity index (χ4v) is 0.849. The monoisotopic (exact) mass is 173 g/mol. The van der Waals surface area contributed by atoms with Gasteiger partial charge >= 0.3 is 6.03 Å². The van der Waals surface area contributed by atoms with Gasteiger partial charge in [0.05, 0.1) is 0 Å². The van der Waals surface area contributed by atoms with E-state index >= 15 is 0 Å². The molecule has 0 aromatic rings. The molecule has 0 fully saturated rings. The molecule has 0 aliphatic carbocycles. The summed E-state index contributed by atoms with van der Waals surface area (Å²) in [6.07, 6.45) is 1.89. The van der Waals surface area contributed by atoms with Crippen LogP contribution in [0.1, 0.15) is 26.7 Å². The van der Waals surface area contributed by atoms with Crippen LogP contribution in [0.25, 0.3) is 0 Å². The fraction of sp³-hybridized carbons (Fsp3) is 0.875. The van der Waals surface area contributed by atoms with Crippen LogP contribution in [0, 0.1) is 0 Å². The SMILES string of the molecule is CCNC(=O)NCCCC(C)N. The van der Waals surface area contributed by atoms with Gasteiger partial charge in [0.15, 0.2) is 0 Å². The predicted octanol–water partition coefficient (Wildman–Crippen LogP) is 0.433. The first-order valence-electron chi connectivity index (χ1n) is 4.44. The summed E-state index contributed by atoms with van der Waals surface area (Å²) in [6, 6.07) is 0.128. The van der Waals surface area contributed by atoms with Gasteiger partial charge in [-0.3, -0.25) is 0 Å². The Morgan fingerprint density at radius 2 is 2.17 bits per heavy atom. The normalized spacial score (nSPS) is 12.2. The summed E-state index contributed by atoms with van der Waals surface area (Å²) in [7, 11) is 0. The van der Waals surface area contributed by atoms with Crippen LogP contribution in [0.3, 0.4) is 0 Å². The molecule has 0 radical (unpaired) electrons. The second-order valence-electron chi connectivity index (χ2n) is 2.91. The van der Waals surface area contributed by atoms with Gasteiger partial charge in [0.2, 0.25) is 0 Å². The van der Waals surface area contributed by atoms with Crippen LogP contribution in [0.15, 0.2) is 0 Å². The van der Waals surface area contributed by atoms with E-state index in [1.54, 1.807) is 0 Å². The van der Waals surface area contributed by atoms with E-state index in [2.05, 4.69) is 10.6 Å². The molecule has 2 amide bonds. The third-order valence-electron chi connectivity index (χ3n) is 1.46. The molecule has 0 aliphatic rings. The Kier molecular flexibility index (Phi) is 6.47. The highest BCUT2D eigenvalue weighted by Crippen LogP contribution is 1.90. The van der Waals surface area contributed by atoms with Crippen LogP contribution in [0.2, 0.25) is 0 Å². The standard InChI is InChI=1S/C8H19N3O/c1-3-10-8(12)11-6-4-5-7(2)9/h7H,3-6,9H2,1-2H3,(H2,10,11,12). The van der Waals surface area contributed by atoms with E-state index in [4.69, 9.17) is 5.73 Å². The largest absolute Gasteiger partial charge is 0.338 e.